The van der Waals surface area contributed by atoms with Gasteiger partial charge in [-0.3, -0.25) is 0 Å². The molecule has 0 saturated heterocycles. The maximum atomic E-state index is 13.8. The van der Waals surface area contributed by atoms with Crippen LogP contribution in [-0.4, -0.2) is 50.4 Å². The van der Waals surface area contributed by atoms with E-state index in [1.54, 1.807) is 12.1 Å². The van der Waals surface area contributed by atoms with Crippen molar-refractivity contribution in [3.8, 4) is 11.5 Å². The number of allylic oxidation sites excluding steroid dienone is 1. The van der Waals surface area contributed by atoms with Gasteiger partial charge in [0.25, 0.3) is 0 Å². The number of carbonyl (C=O) groups excluding carboxylic acids is 3. The largest absolute Gasteiger partial charge is 0.490 e. The number of ether oxygens (including phenoxy) is 5. The van der Waals surface area contributed by atoms with Gasteiger partial charge in [-0.15, -0.1) is 0 Å². The number of fused-ring (bicyclic) bond motifs is 5. The van der Waals surface area contributed by atoms with Crippen molar-refractivity contribution < 1.29 is 38.1 Å². The fourth-order valence-electron chi connectivity index (χ4n) is 11.8. The summed E-state index contributed by atoms with van der Waals surface area (Å²) >= 11 is 0. The summed E-state index contributed by atoms with van der Waals surface area (Å²) in [5.41, 5.74) is 2.67. The van der Waals surface area contributed by atoms with E-state index in [0.29, 0.717) is 48.9 Å². The van der Waals surface area contributed by atoms with Crippen LogP contribution in [0.4, 0.5) is 0 Å². The highest BCUT2D eigenvalue weighted by atomic mass is 16.5. The number of hydrogen-bond donors (Lipinski definition) is 0. The van der Waals surface area contributed by atoms with Crippen LogP contribution in [0.15, 0.2) is 55.2 Å². The number of benzene rings is 1. The second-order valence-electron chi connectivity index (χ2n) is 19.5. The van der Waals surface area contributed by atoms with Crippen molar-refractivity contribution in [2.24, 2.45) is 46.3 Å². The van der Waals surface area contributed by atoms with E-state index in [-0.39, 0.29) is 17.5 Å². The summed E-state index contributed by atoms with van der Waals surface area (Å²) in [7, 11) is 0. The summed E-state index contributed by atoms with van der Waals surface area (Å²) in [6.45, 7) is 21.1. The fourth-order valence-corrected chi connectivity index (χ4v) is 11.8. The Bertz CT molecular complexity index is 1610. The molecule has 8 nitrogen and oxygen atoms in total. The number of rotatable bonds is 25. The van der Waals surface area contributed by atoms with Crippen LogP contribution in [-0.2, 0) is 23.8 Å². The second-order valence-corrected chi connectivity index (χ2v) is 19.5. The lowest BCUT2D eigenvalue weighted by Crippen LogP contribution is -2.51. The Labute approximate surface area is 362 Å². The van der Waals surface area contributed by atoms with Crippen molar-refractivity contribution in [1.29, 1.82) is 0 Å². The molecule has 1 aromatic carbocycles. The zero-order valence-electron chi connectivity index (χ0n) is 37.9. The van der Waals surface area contributed by atoms with Crippen LogP contribution in [0.1, 0.15) is 167 Å². The highest BCUT2D eigenvalue weighted by Crippen LogP contribution is 2.67. The van der Waals surface area contributed by atoms with Crippen molar-refractivity contribution in [2.75, 3.05) is 26.4 Å². The first kappa shape index (κ1) is 47.5. The predicted octanol–water partition coefficient (Wildman–Crippen LogP) is 12.6. The zero-order valence-corrected chi connectivity index (χ0v) is 37.9. The molecule has 3 fully saturated rings. The van der Waals surface area contributed by atoms with Crippen LogP contribution in [0.5, 0.6) is 11.5 Å². The van der Waals surface area contributed by atoms with E-state index >= 15 is 0 Å². The highest BCUT2D eigenvalue weighted by molar-refractivity contribution is 5.90. The maximum absolute atomic E-state index is 13.8. The van der Waals surface area contributed by atoms with Crippen LogP contribution < -0.4 is 9.47 Å². The lowest BCUT2D eigenvalue weighted by molar-refractivity contribution is -0.138. The molecule has 0 unspecified atom stereocenters. The molecule has 60 heavy (non-hydrogen) atoms. The van der Waals surface area contributed by atoms with E-state index < -0.39 is 11.9 Å². The van der Waals surface area contributed by atoms with Crippen molar-refractivity contribution in [2.45, 2.75) is 163 Å². The first-order valence-electron chi connectivity index (χ1n) is 23.8. The van der Waals surface area contributed by atoms with Crippen LogP contribution >= 0.6 is 0 Å². The van der Waals surface area contributed by atoms with E-state index in [4.69, 9.17) is 23.7 Å². The standard InChI is InChI=1S/C52H78O8/c1-8-48(53)58-33-16-12-10-14-31-56-46-26-21-39(35-47(46)57-32-15-11-13-17-34-59-49(54)9-2)50(55)60-41-27-29-51(6)40(36-41)22-23-42-44-25-24-43(38(5)20-18-19-37(3)4)52(44,7)30-28-45(42)51/h8-9,21-22,26,35,37-38,41-45H,1-2,10-20,23-25,27-34,36H2,3-7H3/t38-,41+,42+,43-,44+,45+,51+,52-/m1/s1. The Morgan fingerprint density at radius 3 is 2.00 bits per heavy atom. The Hall–Kier alpha value is -3.55. The van der Waals surface area contributed by atoms with E-state index in [1.165, 1.54) is 69.1 Å². The summed E-state index contributed by atoms with van der Waals surface area (Å²) in [5, 5.41) is 0. The molecule has 4 aliphatic carbocycles. The second kappa shape index (κ2) is 23.1. The van der Waals surface area contributed by atoms with Gasteiger partial charge >= 0.3 is 17.9 Å². The van der Waals surface area contributed by atoms with E-state index in [0.717, 1.165) is 106 Å². The molecule has 0 heterocycles. The normalized spacial score (nSPS) is 27.4. The third-order valence-electron chi connectivity index (χ3n) is 15.1. The van der Waals surface area contributed by atoms with Crippen LogP contribution in [0.2, 0.25) is 0 Å². The molecule has 334 valence electrons. The predicted molar refractivity (Wildman–Crippen MR) is 239 cm³/mol. The number of unbranched alkanes of at least 4 members (excludes halogenated alkanes) is 6. The molecule has 0 radical (unpaired) electrons. The van der Waals surface area contributed by atoms with Crippen LogP contribution in [0, 0.1) is 46.3 Å². The van der Waals surface area contributed by atoms with Gasteiger partial charge in [-0.05, 0) is 161 Å². The molecule has 1 aromatic rings. The van der Waals surface area contributed by atoms with Gasteiger partial charge in [0, 0.05) is 18.6 Å². The first-order valence-corrected chi connectivity index (χ1v) is 23.8. The molecule has 0 N–H and O–H groups in total. The summed E-state index contributed by atoms with van der Waals surface area (Å²) in [5.74, 6) is 4.86. The molecule has 0 aromatic heterocycles. The van der Waals surface area contributed by atoms with Gasteiger partial charge in [-0.1, -0.05) is 78.7 Å². The summed E-state index contributed by atoms with van der Waals surface area (Å²) in [6.07, 6.45) is 25.3. The molecule has 0 spiro atoms. The minimum atomic E-state index is -0.397. The average molecular weight is 831 g/mol. The van der Waals surface area contributed by atoms with Crippen molar-refractivity contribution in [3.05, 3.63) is 60.7 Å². The molecular formula is C52H78O8. The van der Waals surface area contributed by atoms with Gasteiger partial charge in [0.15, 0.2) is 11.5 Å². The topological polar surface area (TPSA) is 97.4 Å². The summed E-state index contributed by atoms with van der Waals surface area (Å²) < 4.78 is 28.9. The SMILES string of the molecule is C=CC(=O)OCCCCCCOc1ccc(C(=O)O[C@H]2CC[C@@]3(C)C(=CC[C@H]4[C@@H]5CC[C@H]([C@H](C)CCCC(C)C)[C@@]5(C)CC[C@@H]43)C2)cc1OCCCCCCOC(=O)C=C. The molecule has 4 aliphatic rings. The fraction of sp³-hybridized carbons (Fsp3) is 0.712. The van der Waals surface area contributed by atoms with Crippen LogP contribution in [0.3, 0.4) is 0 Å². The van der Waals surface area contributed by atoms with E-state index in [1.807, 2.05) is 6.07 Å². The molecule has 0 bridgehead atoms. The van der Waals surface area contributed by atoms with Gasteiger partial charge in [0.2, 0.25) is 0 Å². The molecule has 5 rings (SSSR count). The maximum Gasteiger partial charge on any atom is 0.338 e. The lowest BCUT2D eigenvalue weighted by Gasteiger charge is -2.58. The number of esters is 3. The number of carbonyl (C=O) groups is 3. The average Bonchev–Trinajstić information content (AvgIpc) is 3.60. The van der Waals surface area contributed by atoms with Gasteiger partial charge in [-0.2, -0.15) is 0 Å². The van der Waals surface area contributed by atoms with Gasteiger partial charge in [0.05, 0.1) is 32.0 Å². The molecule has 8 heteroatoms. The highest BCUT2D eigenvalue weighted by Gasteiger charge is 2.59. The monoisotopic (exact) mass is 831 g/mol. The number of hydrogen-bond acceptors (Lipinski definition) is 8. The molecule has 0 aliphatic heterocycles. The molecular weight excluding hydrogens is 753 g/mol. The van der Waals surface area contributed by atoms with Crippen molar-refractivity contribution >= 4 is 17.9 Å². The molecule has 8 atom stereocenters. The van der Waals surface area contributed by atoms with Gasteiger partial charge < -0.3 is 23.7 Å². The molecule has 3 saturated carbocycles. The van der Waals surface area contributed by atoms with Gasteiger partial charge in [0.1, 0.15) is 6.10 Å². The zero-order chi connectivity index (χ0) is 43.1. The smallest absolute Gasteiger partial charge is 0.338 e. The summed E-state index contributed by atoms with van der Waals surface area (Å²) in [6, 6.07) is 5.39. The third kappa shape index (κ3) is 12.5. The van der Waals surface area contributed by atoms with Crippen molar-refractivity contribution in [1.82, 2.24) is 0 Å². The van der Waals surface area contributed by atoms with E-state index in [2.05, 4.69) is 53.9 Å². The summed E-state index contributed by atoms with van der Waals surface area (Å²) in [4.78, 5) is 36.3. The molecule has 0 amide bonds. The third-order valence-corrected chi connectivity index (χ3v) is 15.1. The Kier molecular flexibility index (Phi) is 18.2. The van der Waals surface area contributed by atoms with E-state index in [9.17, 15) is 14.4 Å². The minimum Gasteiger partial charge on any atom is -0.490 e. The minimum absolute atomic E-state index is 0.129. The Morgan fingerprint density at radius 1 is 0.733 bits per heavy atom. The van der Waals surface area contributed by atoms with Gasteiger partial charge in [-0.25, -0.2) is 14.4 Å². The Balaban J connectivity index is 1.15. The Morgan fingerprint density at radius 2 is 1.37 bits per heavy atom. The lowest BCUT2D eigenvalue weighted by atomic mass is 9.47. The van der Waals surface area contributed by atoms with Crippen molar-refractivity contribution in [3.63, 3.8) is 0 Å². The first-order chi connectivity index (χ1) is 28.9. The van der Waals surface area contributed by atoms with Crippen LogP contribution in [0.25, 0.3) is 0 Å². The quantitative estimate of drug-likeness (QED) is 0.0316.